The lowest BCUT2D eigenvalue weighted by Gasteiger charge is -2.11. The molecule has 0 aliphatic heterocycles. The molecule has 0 bridgehead atoms. The molecule has 1 rings (SSSR count). The molecule has 5 nitrogen and oxygen atoms in total. The predicted octanol–water partition coefficient (Wildman–Crippen LogP) is 1.22. The van der Waals surface area contributed by atoms with Crippen LogP contribution in [0.3, 0.4) is 0 Å². The van der Waals surface area contributed by atoms with E-state index in [0.717, 1.165) is 0 Å². The van der Waals surface area contributed by atoms with E-state index in [1.165, 1.54) is 0 Å². The van der Waals surface area contributed by atoms with Gasteiger partial charge in [-0.2, -0.15) is 0 Å². The molecule has 0 aromatic carbocycles. The van der Waals surface area contributed by atoms with E-state index in [2.05, 4.69) is 10.5 Å². The lowest BCUT2D eigenvalue weighted by Crippen LogP contribution is -2.35. The zero-order chi connectivity index (χ0) is 12.3. The van der Waals surface area contributed by atoms with Crippen molar-refractivity contribution in [2.75, 3.05) is 6.61 Å². The zero-order valence-electron chi connectivity index (χ0n) is 10.1. The largest absolute Gasteiger partial charge is 0.394 e. The van der Waals surface area contributed by atoms with Gasteiger partial charge in [-0.25, -0.2) is 0 Å². The molecule has 1 unspecified atom stereocenters. The Kier molecular flexibility index (Phi) is 4.06. The highest BCUT2D eigenvalue weighted by atomic mass is 16.5. The molecule has 1 aromatic heterocycles. The van der Waals surface area contributed by atoms with Crippen LogP contribution in [0.2, 0.25) is 0 Å². The molecule has 5 heteroatoms. The maximum absolute atomic E-state index is 11.9. The van der Waals surface area contributed by atoms with Crippen LogP contribution in [0.5, 0.6) is 0 Å². The van der Waals surface area contributed by atoms with Gasteiger partial charge >= 0.3 is 0 Å². The van der Waals surface area contributed by atoms with Gasteiger partial charge in [0.05, 0.1) is 12.3 Å². The van der Waals surface area contributed by atoms with Gasteiger partial charge in [-0.05, 0) is 13.8 Å². The zero-order valence-corrected chi connectivity index (χ0v) is 10.1. The molecular formula is C11H18N2O3. The van der Waals surface area contributed by atoms with Crippen molar-refractivity contribution in [3.63, 3.8) is 0 Å². The molecule has 1 amide bonds. The quantitative estimate of drug-likeness (QED) is 0.809. The molecule has 0 saturated heterocycles. The molecule has 0 aliphatic carbocycles. The van der Waals surface area contributed by atoms with Gasteiger partial charge < -0.3 is 14.9 Å². The van der Waals surface area contributed by atoms with Gasteiger partial charge in [0.15, 0.2) is 5.76 Å². The number of carbonyl (C=O) groups excluding carboxylic acids is 1. The highest BCUT2D eigenvalue weighted by Gasteiger charge is 2.23. The highest BCUT2D eigenvalue weighted by Crippen LogP contribution is 2.22. The molecule has 16 heavy (non-hydrogen) atoms. The number of aromatic nitrogens is 1. The van der Waals surface area contributed by atoms with Crippen LogP contribution in [0.15, 0.2) is 4.52 Å². The molecule has 90 valence electrons. The normalized spacial score (nSPS) is 12.9. The van der Waals surface area contributed by atoms with E-state index in [9.17, 15) is 4.79 Å². The van der Waals surface area contributed by atoms with E-state index in [0.29, 0.717) is 17.0 Å². The molecular weight excluding hydrogens is 208 g/mol. The minimum absolute atomic E-state index is 0.0902. The second-order valence-electron chi connectivity index (χ2n) is 4.22. The van der Waals surface area contributed by atoms with Gasteiger partial charge in [0.2, 0.25) is 0 Å². The number of hydrogen-bond donors (Lipinski definition) is 2. The van der Waals surface area contributed by atoms with Crippen LogP contribution in [0, 0.1) is 6.92 Å². The number of nitrogens with zero attached hydrogens (tertiary/aromatic N) is 1. The third-order valence-corrected chi connectivity index (χ3v) is 2.29. The summed E-state index contributed by atoms with van der Waals surface area (Å²) >= 11 is 0. The SMILES string of the molecule is Cc1noc(C(C)C)c1C(=O)NC(C)CO. The number of aryl methyl sites for hydroxylation is 1. The first kappa shape index (κ1) is 12.7. The summed E-state index contributed by atoms with van der Waals surface area (Å²) < 4.78 is 5.12. The van der Waals surface area contributed by atoms with Crippen molar-refractivity contribution < 1.29 is 14.4 Å². The molecule has 0 aliphatic rings. The van der Waals surface area contributed by atoms with E-state index >= 15 is 0 Å². The Labute approximate surface area is 94.8 Å². The van der Waals surface area contributed by atoms with Crippen molar-refractivity contribution in [2.45, 2.75) is 39.7 Å². The number of hydrogen-bond acceptors (Lipinski definition) is 4. The Morgan fingerprint density at radius 1 is 1.50 bits per heavy atom. The average Bonchev–Trinajstić information content (AvgIpc) is 2.59. The van der Waals surface area contributed by atoms with Crippen molar-refractivity contribution in [3.05, 3.63) is 17.0 Å². The van der Waals surface area contributed by atoms with Gasteiger partial charge in [0, 0.05) is 12.0 Å². The molecule has 1 atom stereocenters. The Hall–Kier alpha value is -1.36. The monoisotopic (exact) mass is 226 g/mol. The molecule has 0 radical (unpaired) electrons. The molecule has 1 heterocycles. The maximum atomic E-state index is 11.9. The number of carbonyl (C=O) groups is 1. The molecule has 0 saturated carbocycles. The predicted molar refractivity (Wildman–Crippen MR) is 59.3 cm³/mol. The van der Waals surface area contributed by atoms with Crippen LogP contribution in [0.25, 0.3) is 0 Å². The molecule has 1 aromatic rings. The van der Waals surface area contributed by atoms with Crippen LogP contribution >= 0.6 is 0 Å². The summed E-state index contributed by atoms with van der Waals surface area (Å²) in [7, 11) is 0. The van der Waals surface area contributed by atoms with E-state index in [1.54, 1.807) is 13.8 Å². The summed E-state index contributed by atoms with van der Waals surface area (Å²) in [5.41, 5.74) is 1.06. The average molecular weight is 226 g/mol. The van der Waals surface area contributed by atoms with Crippen LogP contribution < -0.4 is 5.32 Å². The number of rotatable bonds is 4. The second-order valence-corrected chi connectivity index (χ2v) is 4.22. The van der Waals surface area contributed by atoms with Crippen LogP contribution in [0.1, 0.15) is 48.5 Å². The van der Waals surface area contributed by atoms with Gasteiger partial charge in [0.1, 0.15) is 5.56 Å². The van der Waals surface area contributed by atoms with Crippen LogP contribution in [0.4, 0.5) is 0 Å². The lowest BCUT2D eigenvalue weighted by molar-refractivity contribution is 0.0919. The van der Waals surface area contributed by atoms with Crippen LogP contribution in [-0.2, 0) is 0 Å². The Balaban J connectivity index is 2.94. The van der Waals surface area contributed by atoms with E-state index in [4.69, 9.17) is 9.63 Å². The van der Waals surface area contributed by atoms with Crippen molar-refractivity contribution in [1.29, 1.82) is 0 Å². The first-order valence-corrected chi connectivity index (χ1v) is 5.35. The smallest absolute Gasteiger partial charge is 0.257 e. The minimum Gasteiger partial charge on any atom is -0.394 e. The van der Waals surface area contributed by atoms with Gasteiger partial charge in [0.25, 0.3) is 5.91 Å². The summed E-state index contributed by atoms with van der Waals surface area (Å²) in [6.45, 7) is 7.25. The topological polar surface area (TPSA) is 75.4 Å². The van der Waals surface area contributed by atoms with Crippen molar-refractivity contribution in [2.24, 2.45) is 0 Å². The maximum Gasteiger partial charge on any atom is 0.257 e. The summed E-state index contributed by atoms with van der Waals surface area (Å²) in [4.78, 5) is 11.9. The van der Waals surface area contributed by atoms with Gasteiger partial charge in [-0.3, -0.25) is 4.79 Å². The number of aliphatic hydroxyl groups excluding tert-OH is 1. The van der Waals surface area contributed by atoms with Crippen LogP contribution in [-0.4, -0.2) is 28.8 Å². The fraction of sp³-hybridized carbons (Fsp3) is 0.636. The van der Waals surface area contributed by atoms with Gasteiger partial charge in [-0.1, -0.05) is 19.0 Å². The lowest BCUT2D eigenvalue weighted by atomic mass is 10.0. The molecule has 0 spiro atoms. The van der Waals surface area contributed by atoms with Crippen molar-refractivity contribution >= 4 is 5.91 Å². The minimum atomic E-state index is -0.276. The second kappa shape index (κ2) is 5.12. The third kappa shape index (κ3) is 2.61. The molecule has 0 fully saturated rings. The first-order chi connectivity index (χ1) is 7.47. The summed E-state index contributed by atoms with van der Waals surface area (Å²) in [5, 5.41) is 15.3. The molecule has 2 N–H and O–H groups in total. The van der Waals surface area contributed by atoms with E-state index < -0.39 is 0 Å². The third-order valence-electron chi connectivity index (χ3n) is 2.29. The van der Waals surface area contributed by atoms with E-state index in [-0.39, 0.29) is 24.5 Å². The number of aliphatic hydroxyl groups is 1. The summed E-state index contributed by atoms with van der Waals surface area (Å²) in [5.74, 6) is 0.440. The Morgan fingerprint density at radius 2 is 2.12 bits per heavy atom. The summed E-state index contributed by atoms with van der Waals surface area (Å²) in [6, 6.07) is -0.276. The number of amides is 1. The Morgan fingerprint density at radius 3 is 2.62 bits per heavy atom. The van der Waals surface area contributed by atoms with Gasteiger partial charge in [-0.15, -0.1) is 0 Å². The summed E-state index contributed by atoms with van der Waals surface area (Å²) in [6.07, 6.45) is 0. The standard InChI is InChI=1S/C11H18N2O3/c1-6(2)10-9(8(4)13-16-10)11(15)12-7(3)5-14/h6-7,14H,5H2,1-4H3,(H,12,15). The first-order valence-electron chi connectivity index (χ1n) is 5.35. The fourth-order valence-corrected chi connectivity index (χ4v) is 1.40. The highest BCUT2D eigenvalue weighted by molar-refractivity contribution is 5.96. The fourth-order valence-electron chi connectivity index (χ4n) is 1.40. The van der Waals surface area contributed by atoms with Crippen molar-refractivity contribution in [1.82, 2.24) is 10.5 Å². The Bertz CT molecular complexity index is 371. The van der Waals surface area contributed by atoms with Crippen molar-refractivity contribution in [3.8, 4) is 0 Å². The number of nitrogens with one attached hydrogen (secondary N) is 1. The van der Waals surface area contributed by atoms with E-state index in [1.807, 2.05) is 13.8 Å².